The summed E-state index contributed by atoms with van der Waals surface area (Å²) in [5, 5.41) is 12.2. The lowest BCUT2D eigenvalue weighted by Gasteiger charge is -2.25. The molecular weight excluding hydrogens is 470 g/mol. The Labute approximate surface area is 208 Å². The third kappa shape index (κ3) is 6.05. The number of carbonyl (C=O) groups excluding carboxylic acids is 1. The van der Waals surface area contributed by atoms with Gasteiger partial charge in [0.2, 0.25) is 0 Å². The Hall–Kier alpha value is -3.71. The number of halogens is 1. The van der Waals surface area contributed by atoms with Crippen LogP contribution >= 0.6 is 11.6 Å². The highest BCUT2D eigenvalue weighted by atomic mass is 35.5. The van der Waals surface area contributed by atoms with Crippen molar-refractivity contribution in [3.63, 3.8) is 0 Å². The van der Waals surface area contributed by atoms with Crippen LogP contribution in [0.15, 0.2) is 60.7 Å². The van der Waals surface area contributed by atoms with Gasteiger partial charge in [-0.25, -0.2) is 4.79 Å². The van der Waals surface area contributed by atoms with Gasteiger partial charge >= 0.3 is 6.16 Å². The fourth-order valence-corrected chi connectivity index (χ4v) is 4.25. The van der Waals surface area contributed by atoms with Gasteiger partial charge in [0.05, 0.1) is 11.6 Å². The number of hydrogen-bond acceptors (Lipinski definition) is 5. The summed E-state index contributed by atoms with van der Waals surface area (Å²) in [6.45, 7) is 2.99. The van der Waals surface area contributed by atoms with E-state index in [2.05, 4.69) is 24.4 Å². The molecule has 1 atom stereocenters. The van der Waals surface area contributed by atoms with Gasteiger partial charge in [-0.3, -0.25) is 4.79 Å². The topological polar surface area (TPSA) is 94.1 Å². The maximum Gasteiger partial charge on any atom is 0.506 e. The molecule has 1 amide bonds. The second-order valence-electron chi connectivity index (χ2n) is 8.08. The molecule has 4 rings (SSSR count). The van der Waals surface area contributed by atoms with E-state index in [0.717, 1.165) is 12.8 Å². The highest BCUT2D eigenvalue weighted by Crippen LogP contribution is 2.42. The van der Waals surface area contributed by atoms with E-state index < -0.39 is 12.3 Å². The largest absolute Gasteiger partial charge is 0.506 e. The van der Waals surface area contributed by atoms with Gasteiger partial charge in [-0.1, -0.05) is 42.8 Å². The van der Waals surface area contributed by atoms with Crippen molar-refractivity contribution in [3.8, 4) is 17.2 Å². The molecule has 0 spiro atoms. The molecule has 0 saturated heterocycles. The molecule has 1 unspecified atom stereocenters. The van der Waals surface area contributed by atoms with E-state index in [0.29, 0.717) is 53.0 Å². The zero-order chi connectivity index (χ0) is 24.8. The first kappa shape index (κ1) is 24.4. The summed E-state index contributed by atoms with van der Waals surface area (Å²) in [4.78, 5) is 23.5. The SMILES string of the molecule is CCc1ccccc1CCNC(=O)c1ccc(Oc2cc3c(cc2Cl)C(OC(=O)O)CCO3)cc1. The van der Waals surface area contributed by atoms with Crippen LogP contribution < -0.4 is 14.8 Å². The lowest BCUT2D eigenvalue weighted by Crippen LogP contribution is -2.25. The lowest BCUT2D eigenvalue weighted by molar-refractivity contribution is 0.0326. The van der Waals surface area contributed by atoms with Crippen molar-refractivity contribution in [1.82, 2.24) is 5.32 Å². The van der Waals surface area contributed by atoms with E-state index in [9.17, 15) is 9.59 Å². The lowest BCUT2D eigenvalue weighted by atomic mass is 10.0. The smallest absolute Gasteiger partial charge is 0.493 e. The van der Waals surface area contributed by atoms with Crippen LogP contribution in [0.25, 0.3) is 0 Å². The number of hydrogen-bond donors (Lipinski definition) is 2. The minimum atomic E-state index is -1.35. The Morgan fingerprint density at radius 3 is 2.57 bits per heavy atom. The van der Waals surface area contributed by atoms with Crippen molar-refractivity contribution in [2.75, 3.05) is 13.2 Å². The van der Waals surface area contributed by atoms with Crippen LogP contribution in [0.1, 0.15) is 46.5 Å². The molecule has 182 valence electrons. The van der Waals surface area contributed by atoms with Crippen LogP contribution in [0, 0.1) is 0 Å². The van der Waals surface area contributed by atoms with Crippen LogP contribution in [0.3, 0.4) is 0 Å². The first-order chi connectivity index (χ1) is 16.9. The Morgan fingerprint density at radius 2 is 1.86 bits per heavy atom. The molecule has 0 saturated carbocycles. The van der Waals surface area contributed by atoms with Crippen molar-refractivity contribution in [1.29, 1.82) is 0 Å². The number of carboxylic acid groups (broad SMARTS) is 1. The normalized spacial score (nSPS) is 14.4. The van der Waals surface area contributed by atoms with Gasteiger partial charge in [0.1, 0.15) is 23.4 Å². The zero-order valence-electron chi connectivity index (χ0n) is 19.3. The maximum atomic E-state index is 12.5. The van der Waals surface area contributed by atoms with Gasteiger partial charge in [0.15, 0.2) is 0 Å². The first-order valence-electron chi connectivity index (χ1n) is 11.4. The molecule has 35 heavy (non-hydrogen) atoms. The van der Waals surface area contributed by atoms with E-state index >= 15 is 0 Å². The summed E-state index contributed by atoms with van der Waals surface area (Å²) in [6.07, 6.45) is 0.145. The molecule has 0 fully saturated rings. The van der Waals surface area contributed by atoms with Crippen LogP contribution in [-0.4, -0.2) is 30.3 Å². The number of benzene rings is 3. The summed E-state index contributed by atoms with van der Waals surface area (Å²) < 4.78 is 16.5. The second kappa shape index (κ2) is 11.1. The van der Waals surface area contributed by atoms with Crippen molar-refractivity contribution in [2.24, 2.45) is 0 Å². The minimum absolute atomic E-state index is 0.157. The quantitative estimate of drug-likeness (QED) is 0.362. The van der Waals surface area contributed by atoms with Gasteiger partial charge < -0.3 is 24.6 Å². The summed E-state index contributed by atoms with van der Waals surface area (Å²) in [6, 6.07) is 18.2. The number of nitrogens with one attached hydrogen (secondary N) is 1. The molecule has 0 aromatic heterocycles. The molecule has 1 heterocycles. The molecule has 7 nitrogen and oxygen atoms in total. The highest BCUT2D eigenvalue weighted by Gasteiger charge is 2.27. The van der Waals surface area contributed by atoms with Gasteiger partial charge in [0, 0.05) is 30.2 Å². The molecule has 8 heteroatoms. The second-order valence-corrected chi connectivity index (χ2v) is 8.49. The molecule has 3 aromatic carbocycles. The molecule has 3 aromatic rings. The van der Waals surface area contributed by atoms with Crippen molar-refractivity contribution >= 4 is 23.7 Å². The van der Waals surface area contributed by atoms with Gasteiger partial charge in [-0.05, 0) is 54.3 Å². The van der Waals surface area contributed by atoms with Crippen LogP contribution in [0.2, 0.25) is 5.02 Å². The van der Waals surface area contributed by atoms with Gasteiger partial charge in [0.25, 0.3) is 5.91 Å². The van der Waals surface area contributed by atoms with E-state index in [-0.39, 0.29) is 5.91 Å². The number of rotatable bonds is 8. The van der Waals surface area contributed by atoms with Crippen molar-refractivity contribution in [3.05, 3.63) is 87.9 Å². The standard InChI is InChI=1S/C27H26ClNO6/c1-2-17-5-3-4-6-18(17)11-13-29-26(30)19-7-9-20(10-8-19)34-25-16-24-21(15-22(25)28)23(12-14-33-24)35-27(31)32/h3-10,15-16,23H,2,11-14H2,1H3,(H,29,30)(H,31,32). The summed E-state index contributed by atoms with van der Waals surface area (Å²) in [5.41, 5.74) is 3.62. The molecule has 0 radical (unpaired) electrons. The summed E-state index contributed by atoms with van der Waals surface area (Å²) in [5.74, 6) is 1.15. The van der Waals surface area contributed by atoms with Crippen molar-refractivity contribution < 1.29 is 28.9 Å². The Kier molecular flexibility index (Phi) is 7.77. The summed E-state index contributed by atoms with van der Waals surface area (Å²) in [7, 11) is 0. The van der Waals surface area contributed by atoms with E-state index in [1.807, 2.05) is 12.1 Å². The van der Waals surface area contributed by atoms with Crippen LogP contribution in [0.4, 0.5) is 4.79 Å². The number of fused-ring (bicyclic) bond motifs is 1. The maximum absolute atomic E-state index is 12.5. The van der Waals surface area contributed by atoms with Gasteiger partial charge in [-0.2, -0.15) is 0 Å². The monoisotopic (exact) mass is 495 g/mol. The van der Waals surface area contributed by atoms with Crippen LogP contribution in [-0.2, 0) is 17.6 Å². The number of carbonyl (C=O) groups is 2. The van der Waals surface area contributed by atoms with Crippen molar-refractivity contribution in [2.45, 2.75) is 32.3 Å². The highest BCUT2D eigenvalue weighted by molar-refractivity contribution is 6.32. The fraction of sp³-hybridized carbons (Fsp3) is 0.259. The molecule has 1 aliphatic rings. The molecular formula is C27H26ClNO6. The third-order valence-electron chi connectivity index (χ3n) is 5.82. The first-order valence-corrected chi connectivity index (χ1v) is 11.8. The Balaban J connectivity index is 1.37. The average Bonchev–Trinajstić information content (AvgIpc) is 2.85. The minimum Gasteiger partial charge on any atom is -0.493 e. The summed E-state index contributed by atoms with van der Waals surface area (Å²) >= 11 is 6.38. The number of ether oxygens (including phenoxy) is 3. The Morgan fingerprint density at radius 1 is 1.11 bits per heavy atom. The Bertz CT molecular complexity index is 1210. The van der Waals surface area contributed by atoms with E-state index in [1.165, 1.54) is 11.1 Å². The number of amides is 1. The zero-order valence-corrected chi connectivity index (χ0v) is 20.0. The molecule has 0 aliphatic carbocycles. The van der Waals surface area contributed by atoms with E-state index in [1.54, 1.807) is 36.4 Å². The molecule has 0 bridgehead atoms. The molecule has 2 N–H and O–H groups in total. The molecule has 1 aliphatic heterocycles. The predicted molar refractivity (Wildman–Crippen MR) is 132 cm³/mol. The average molecular weight is 496 g/mol. The number of aryl methyl sites for hydroxylation is 1. The predicted octanol–water partition coefficient (Wildman–Crippen LogP) is 6.19. The third-order valence-corrected chi connectivity index (χ3v) is 6.11. The van der Waals surface area contributed by atoms with E-state index in [4.69, 9.17) is 30.9 Å². The van der Waals surface area contributed by atoms with Gasteiger partial charge in [-0.15, -0.1) is 0 Å². The van der Waals surface area contributed by atoms with Crippen LogP contribution in [0.5, 0.6) is 17.2 Å². The fourth-order valence-electron chi connectivity index (χ4n) is 4.04.